The molecule has 0 atom stereocenters. The molecule has 7 aromatic carbocycles. The van der Waals surface area contributed by atoms with Gasteiger partial charge in [-0.15, -0.1) is 0 Å². The molecule has 0 saturated heterocycles. The van der Waals surface area contributed by atoms with Gasteiger partial charge in [-0.1, -0.05) is 103 Å². The molecule has 0 fully saturated rings. The highest BCUT2D eigenvalue weighted by atomic mass is 16.3. The molecule has 0 N–H and O–H groups in total. The second-order valence-corrected chi connectivity index (χ2v) is 12.3. The number of nitrogens with zero attached hydrogens (tertiary/aromatic N) is 4. The number of para-hydroxylation sites is 6. The van der Waals surface area contributed by atoms with Crippen molar-refractivity contribution in [2.45, 2.75) is 0 Å². The molecule has 0 amide bonds. The van der Waals surface area contributed by atoms with E-state index in [4.69, 9.17) is 11.0 Å². The fourth-order valence-corrected chi connectivity index (χ4v) is 7.76. The van der Waals surface area contributed by atoms with Crippen molar-refractivity contribution in [1.29, 1.82) is 5.26 Å². The smallest absolute Gasteiger partial charge is 0.211 e. The van der Waals surface area contributed by atoms with Crippen molar-refractivity contribution < 1.29 is 4.42 Å². The molecule has 10 aromatic rings. The van der Waals surface area contributed by atoms with E-state index < -0.39 is 0 Å². The lowest BCUT2D eigenvalue weighted by molar-refractivity contribution is 0.669. The zero-order chi connectivity index (χ0) is 32.6. The monoisotopic (exact) mass is 624 g/mol. The van der Waals surface area contributed by atoms with E-state index in [0.717, 1.165) is 88.1 Å². The van der Waals surface area contributed by atoms with Gasteiger partial charge in [0.2, 0.25) is 5.69 Å². The predicted molar refractivity (Wildman–Crippen MR) is 199 cm³/mol. The van der Waals surface area contributed by atoms with Crippen LogP contribution in [0.5, 0.6) is 0 Å². The first-order chi connectivity index (χ1) is 24.2. The van der Waals surface area contributed by atoms with Gasteiger partial charge in [0, 0.05) is 37.9 Å². The Hall–Kier alpha value is -7.08. The Morgan fingerprint density at radius 2 is 1.04 bits per heavy atom. The third-order valence-electron chi connectivity index (χ3n) is 9.78. The Bertz CT molecular complexity index is 3030. The minimum atomic E-state index is 0.533. The maximum atomic E-state index is 10.7. The highest BCUT2D eigenvalue weighted by Crippen LogP contribution is 2.45. The lowest BCUT2D eigenvalue weighted by Crippen LogP contribution is -2.03. The summed E-state index contributed by atoms with van der Waals surface area (Å²) in [7, 11) is 0. The molecule has 3 heterocycles. The van der Waals surface area contributed by atoms with Crippen LogP contribution in [0.15, 0.2) is 150 Å². The predicted octanol–water partition coefficient (Wildman–Crippen LogP) is 11.9. The van der Waals surface area contributed by atoms with Gasteiger partial charge in [0.1, 0.15) is 17.2 Å². The molecule has 5 nitrogen and oxygen atoms in total. The summed E-state index contributed by atoms with van der Waals surface area (Å²) in [6.07, 6.45) is 0. The molecule has 0 spiro atoms. The Labute approximate surface area is 280 Å². The van der Waals surface area contributed by atoms with Gasteiger partial charge in [-0.25, -0.2) is 4.85 Å². The fraction of sp³-hybridized carbons (Fsp3) is 0. The van der Waals surface area contributed by atoms with Crippen LogP contribution in [-0.4, -0.2) is 9.13 Å². The van der Waals surface area contributed by atoms with Crippen LogP contribution in [-0.2, 0) is 0 Å². The van der Waals surface area contributed by atoms with E-state index in [1.807, 2.05) is 66.7 Å². The molecule has 0 aliphatic heterocycles. The molecule has 5 heteroatoms. The van der Waals surface area contributed by atoms with Gasteiger partial charge >= 0.3 is 0 Å². The van der Waals surface area contributed by atoms with Gasteiger partial charge in [-0.2, -0.15) is 5.26 Å². The Kier molecular flexibility index (Phi) is 5.64. The van der Waals surface area contributed by atoms with E-state index in [-0.39, 0.29) is 0 Å². The Morgan fingerprint density at radius 3 is 1.69 bits per heavy atom. The maximum absolute atomic E-state index is 10.7. The molecule has 49 heavy (non-hydrogen) atoms. The van der Waals surface area contributed by atoms with E-state index in [0.29, 0.717) is 11.3 Å². The average Bonchev–Trinajstić information content (AvgIpc) is 3.80. The summed E-state index contributed by atoms with van der Waals surface area (Å²) in [5, 5.41) is 17.1. The largest absolute Gasteiger partial charge is 0.456 e. The van der Waals surface area contributed by atoms with Crippen molar-refractivity contribution in [3.63, 3.8) is 0 Å². The van der Waals surface area contributed by atoms with Gasteiger partial charge in [0.25, 0.3) is 0 Å². The summed E-state index contributed by atoms with van der Waals surface area (Å²) in [6, 6.07) is 51.7. The number of benzene rings is 7. The van der Waals surface area contributed by atoms with Crippen molar-refractivity contribution in [2.24, 2.45) is 0 Å². The van der Waals surface area contributed by atoms with Crippen LogP contribution in [0.4, 0.5) is 5.69 Å². The van der Waals surface area contributed by atoms with Crippen molar-refractivity contribution in [3.8, 4) is 28.6 Å². The quantitative estimate of drug-likeness (QED) is 0.184. The van der Waals surface area contributed by atoms with E-state index in [1.54, 1.807) is 0 Å². The lowest BCUT2D eigenvalue weighted by atomic mass is 9.97. The van der Waals surface area contributed by atoms with Gasteiger partial charge < -0.3 is 13.6 Å². The van der Waals surface area contributed by atoms with Crippen LogP contribution in [0.3, 0.4) is 0 Å². The van der Waals surface area contributed by atoms with Crippen molar-refractivity contribution >= 4 is 71.2 Å². The molecular weight excluding hydrogens is 601 g/mol. The molecule has 0 unspecified atom stereocenters. The summed E-state index contributed by atoms with van der Waals surface area (Å²) in [5.41, 5.74) is 10.0. The van der Waals surface area contributed by atoms with Gasteiger partial charge in [-0.05, 0) is 48.0 Å². The molecule has 10 rings (SSSR count). The molecule has 0 aliphatic rings. The summed E-state index contributed by atoms with van der Waals surface area (Å²) in [6.45, 7) is 8.32. The number of rotatable bonds is 3. The van der Waals surface area contributed by atoms with Crippen LogP contribution in [0.25, 0.3) is 92.9 Å². The third kappa shape index (κ3) is 3.73. The molecule has 0 bridgehead atoms. The summed E-state index contributed by atoms with van der Waals surface area (Å²) < 4.78 is 10.8. The third-order valence-corrected chi connectivity index (χ3v) is 9.78. The zero-order valence-electron chi connectivity index (χ0n) is 26.1. The first kappa shape index (κ1) is 27.1. The number of hydrogen-bond donors (Lipinski definition) is 0. The summed E-state index contributed by atoms with van der Waals surface area (Å²) in [4.78, 5) is 4.07. The second-order valence-electron chi connectivity index (χ2n) is 12.3. The highest BCUT2D eigenvalue weighted by Gasteiger charge is 2.24. The molecule has 0 saturated carbocycles. The van der Waals surface area contributed by atoms with E-state index in [2.05, 4.69) is 98.9 Å². The van der Waals surface area contributed by atoms with Crippen molar-refractivity contribution in [2.75, 3.05) is 0 Å². The highest BCUT2D eigenvalue weighted by molar-refractivity contribution is 6.18. The number of hydrogen-bond acceptors (Lipinski definition) is 2. The van der Waals surface area contributed by atoms with Crippen LogP contribution in [0.2, 0.25) is 0 Å². The number of fused-ring (bicyclic) bond motifs is 9. The van der Waals surface area contributed by atoms with Gasteiger partial charge in [0.05, 0.1) is 45.6 Å². The molecular formula is C44H24N4O. The van der Waals surface area contributed by atoms with Crippen LogP contribution >= 0.6 is 0 Å². The SMILES string of the molecule is [C-]#[N+]c1cccc(-c2cccc(C#N)c2-n2c3ccccc3c3cc4oc5ccccc5c4cc32)c1-n1c2ccccc2c2ccccc21. The summed E-state index contributed by atoms with van der Waals surface area (Å²) in [5.74, 6) is 0. The zero-order valence-corrected chi connectivity index (χ0v) is 26.1. The lowest BCUT2D eigenvalue weighted by Gasteiger charge is -2.20. The number of nitriles is 1. The average molecular weight is 625 g/mol. The normalized spacial score (nSPS) is 11.6. The van der Waals surface area contributed by atoms with E-state index in [1.165, 1.54) is 0 Å². The van der Waals surface area contributed by atoms with E-state index in [9.17, 15) is 5.26 Å². The molecule has 3 aromatic heterocycles. The number of aromatic nitrogens is 2. The molecule has 226 valence electrons. The van der Waals surface area contributed by atoms with Gasteiger partial charge in [-0.3, -0.25) is 0 Å². The first-order valence-corrected chi connectivity index (χ1v) is 16.1. The van der Waals surface area contributed by atoms with Crippen LogP contribution in [0.1, 0.15) is 5.56 Å². The first-order valence-electron chi connectivity index (χ1n) is 16.1. The molecule has 0 radical (unpaired) electrons. The minimum absolute atomic E-state index is 0.533. The second kappa shape index (κ2) is 10.2. The minimum Gasteiger partial charge on any atom is -0.456 e. The van der Waals surface area contributed by atoms with Crippen molar-refractivity contribution in [3.05, 3.63) is 163 Å². The van der Waals surface area contributed by atoms with Gasteiger partial charge in [0.15, 0.2) is 0 Å². The summed E-state index contributed by atoms with van der Waals surface area (Å²) >= 11 is 0. The number of furan rings is 1. The van der Waals surface area contributed by atoms with Crippen LogP contribution in [0, 0.1) is 17.9 Å². The molecule has 0 aliphatic carbocycles. The maximum Gasteiger partial charge on any atom is 0.211 e. The van der Waals surface area contributed by atoms with Crippen LogP contribution < -0.4 is 0 Å². The Morgan fingerprint density at radius 1 is 0.490 bits per heavy atom. The fourth-order valence-electron chi connectivity index (χ4n) is 7.76. The van der Waals surface area contributed by atoms with E-state index >= 15 is 0 Å². The van der Waals surface area contributed by atoms with Crippen molar-refractivity contribution in [1.82, 2.24) is 9.13 Å². The Balaban J connectivity index is 1.37. The topological polar surface area (TPSA) is 51.1 Å². The standard InChI is InChI=1S/C44H24N4O/c1-46-36-19-11-18-33(44(36)47-37-20-6-2-13-28(37)29-14-3-7-21-38(29)47)32-17-10-12-27(26-45)43(32)48-39-22-8-4-15-30(39)34-25-42-35(24-40(34)48)31-16-5-9-23-41(31)49-42/h2-25H.